The summed E-state index contributed by atoms with van der Waals surface area (Å²) in [5.74, 6) is 0.435. The molecule has 0 fully saturated rings. The summed E-state index contributed by atoms with van der Waals surface area (Å²) in [6, 6.07) is 12.1. The summed E-state index contributed by atoms with van der Waals surface area (Å²) >= 11 is 4.85. The minimum absolute atomic E-state index is 0.0417. The normalized spacial score (nSPS) is 10.4. The van der Waals surface area contributed by atoms with Gasteiger partial charge in [0, 0.05) is 17.2 Å². The summed E-state index contributed by atoms with van der Waals surface area (Å²) in [4.78, 5) is 16.1. The first-order valence-corrected chi connectivity index (χ1v) is 8.48. The number of carbonyl (C=O) groups is 1. The molecule has 0 unspecified atom stereocenters. The fraction of sp³-hybridized carbons (Fsp3) is 0.250. The second-order valence-corrected chi connectivity index (χ2v) is 6.53. The Hall–Kier alpha value is -1.33. The smallest absolute Gasteiger partial charge is 0.230 e. The van der Waals surface area contributed by atoms with Crippen LogP contribution in [0.15, 0.2) is 52.1 Å². The fourth-order valence-corrected chi connectivity index (χ4v) is 3.08. The third-order valence-corrected chi connectivity index (χ3v) is 4.46. The Bertz CT molecular complexity index is 604. The van der Waals surface area contributed by atoms with Crippen molar-refractivity contribution in [2.45, 2.75) is 18.4 Å². The van der Waals surface area contributed by atoms with Gasteiger partial charge in [-0.05, 0) is 46.5 Å². The van der Waals surface area contributed by atoms with Crippen LogP contribution in [0.25, 0.3) is 0 Å². The number of nitrogens with zero attached hydrogens (tertiary/aromatic N) is 1. The van der Waals surface area contributed by atoms with Gasteiger partial charge in [0.15, 0.2) is 0 Å². The second kappa shape index (κ2) is 8.20. The van der Waals surface area contributed by atoms with E-state index in [1.807, 2.05) is 31.2 Å². The van der Waals surface area contributed by atoms with Crippen LogP contribution in [0, 0.1) is 6.92 Å². The number of hydrogen-bond acceptors (Lipinski definition) is 3. The van der Waals surface area contributed by atoms with Gasteiger partial charge in [0.1, 0.15) is 0 Å². The van der Waals surface area contributed by atoms with E-state index >= 15 is 0 Å². The monoisotopic (exact) mass is 364 g/mol. The van der Waals surface area contributed by atoms with Gasteiger partial charge in [0.25, 0.3) is 0 Å². The largest absolute Gasteiger partial charge is 0.355 e. The van der Waals surface area contributed by atoms with Gasteiger partial charge in [-0.1, -0.05) is 42.1 Å². The van der Waals surface area contributed by atoms with Crippen LogP contribution >= 0.6 is 27.7 Å². The van der Waals surface area contributed by atoms with Crippen molar-refractivity contribution in [1.82, 2.24) is 10.3 Å². The molecule has 0 bridgehead atoms. The van der Waals surface area contributed by atoms with E-state index in [4.69, 9.17) is 0 Å². The summed E-state index contributed by atoms with van der Waals surface area (Å²) in [7, 11) is 0. The van der Waals surface area contributed by atoms with Gasteiger partial charge in [-0.25, -0.2) is 4.98 Å². The zero-order valence-electron chi connectivity index (χ0n) is 11.8. The van der Waals surface area contributed by atoms with Crippen LogP contribution < -0.4 is 5.32 Å². The first-order valence-electron chi connectivity index (χ1n) is 6.71. The van der Waals surface area contributed by atoms with Crippen molar-refractivity contribution >= 4 is 33.6 Å². The highest BCUT2D eigenvalue weighted by Gasteiger charge is 2.06. The number of rotatable bonds is 6. The van der Waals surface area contributed by atoms with Crippen molar-refractivity contribution < 1.29 is 4.79 Å². The number of nitrogens with one attached hydrogen (secondary N) is 1. The summed E-state index contributed by atoms with van der Waals surface area (Å²) in [5, 5.41) is 3.83. The molecule has 1 heterocycles. The number of benzene rings is 1. The van der Waals surface area contributed by atoms with Gasteiger partial charge < -0.3 is 5.32 Å². The Kier molecular flexibility index (Phi) is 6.26. The molecular weight excluding hydrogens is 348 g/mol. The number of aryl methyl sites for hydroxylation is 1. The maximum Gasteiger partial charge on any atom is 0.230 e. The highest BCUT2D eigenvalue weighted by molar-refractivity contribution is 9.10. The maximum absolute atomic E-state index is 11.8. The lowest BCUT2D eigenvalue weighted by Crippen LogP contribution is -2.27. The van der Waals surface area contributed by atoms with Gasteiger partial charge >= 0.3 is 0 Å². The quantitative estimate of drug-likeness (QED) is 0.796. The van der Waals surface area contributed by atoms with Crippen molar-refractivity contribution in [3.8, 4) is 0 Å². The molecule has 2 rings (SSSR count). The molecular formula is C16H17BrN2OS. The second-order valence-electron chi connectivity index (χ2n) is 4.65. The summed E-state index contributed by atoms with van der Waals surface area (Å²) in [6.07, 6.45) is 2.61. The predicted octanol–water partition coefficient (Wildman–Crippen LogP) is 3.60. The molecule has 110 valence electrons. The SMILES string of the molecule is Cc1cc(Br)cnc1SCC(=O)NCCc1ccccc1. The molecule has 21 heavy (non-hydrogen) atoms. The lowest BCUT2D eigenvalue weighted by Gasteiger charge is -2.06. The van der Waals surface area contributed by atoms with Gasteiger partial charge in [-0.2, -0.15) is 0 Å². The molecule has 0 atom stereocenters. The third kappa shape index (κ3) is 5.52. The van der Waals surface area contributed by atoms with E-state index < -0.39 is 0 Å². The maximum atomic E-state index is 11.8. The Morgan fingerprint density at radius 3 is 2.81 bits per heavy atom. The molecule has 1 aromatic heterocycles. The van der Waals surface area contributed by atoms with Crippen LogP contribution in [0.4, 0.5) is 0 Å². The molecule has 0 aliphatic carbocycles. The molecule has 1 aromatic carbocycles. The number of carbonyl (C=O) groups excluding carboxylic acids is 1. The fourth-order valence-electron chi connectivity index (χ4n) is 1.85. The molecule has 1 N–H and O–H groups in total. The standard InChI is InChI=1S/C16H17BrN2OS/c1-12-9-14(17)10-19-16(12)21-11-15(20)18-8-7-13-5-3-2-4-6-13/h2-6,9-10H,7-8,11H2,1H3,(H,18,20). The zero-order chi connectivity index (χ0) is 15.1. The van der Waals surface area contributed by atoms with Crippen LogP contribution in [0.1, 0.15) is 11.1 Å². The predicted molar refractivity (Wildman–Crippen MR) is 90.6 cm³/mol. The number of halogens is 1. The van der Waals surface area contributed by atoms with Gasteiger partial charge in [-0.3, -0.25) is 4.79 Å². The number of aromatic nitrogens is 1. The highest BCUT2D eigenvalue weighted by atomic mass is 79.9. The van der Waals surface area contributed by atoms with E-state index in [0.717, 1.165) is 21.5 Å². The molecule has 0 radical (unpaired) electrons. The van der Waals surface area contributed by atoms with Gasteiger partial charge in [0.05, 0.1) is 10.8 Å². The molecule has 0 saturated carbocycles. The highest BCUT2D eigenvalue weighted by Crippen LogP contribution is 2.22. The lowest BCUT2D eigenvalue weighted by atomic mass is 10.1. The van der Waals surface area contributed by atoms with E-state index in [2.05, 4.69) is 38.4 Å². The molecule has 1 amide bonds. The Morgan fingerprint density at radius 1 is 1.33 bits per heavy atom. The van der Waals surface area contributed by atoms with Crippen LogP contribution in [0.5, 0.6) is 0 Å². The first-order chi connectivity index (χ1) is 10.1. The Balaban J connectivity index is 1.72. The number of amides is 1. The van der Waals surface area contributed by atoms with Gasteiger partial charge in [-0.15, -0.1) is 0 Å². The third-order valence-electron chi connectivity index (χ3n) is 2.92. The molecule has 0 aliphatic heterocycles. The lowest BCUT2D eigenvalue weighted by molar-refractivity contribution is -0.118. The van der Waals surface area contributed by atoms with Gasteiger partial charge in [0.2, 0.25) is 5.91 Å². The van der Waals surface area contributed by atoms with E-state index in [9.17, 15) is 4.79 Å². The average molecular weight is 365 g/mol. The van der Waals surface area contributed by atoms with Crippen LogP contribution in [-0.2, 0) is 11.2 Å². The molecule has 2 aromatic rings. The Labute approximate surface area is 137 Å². The molecule has 0 saturated heterocycles. The van der Waals surface area contributed by atoms with Crippen molar-refractivity contribution in [3.05, 3.63) is 58.2 Å². The first kappa shape index (κ1) is 16.0. The molecule has 5 heteroatoms. The summed E-state index contributed by atoms with van der Waals surface area (Å²) in [6.45, 7) is 2.66. The van der Waals surface area contributed by atoms with Crippen molar-refractivity contribution in [2.24, 2.45) is 0 Å². The van der Waals surface area contributed by atoms with E-state index in [0.29, 0.717) is 12.3 Å². The van der Waals surface area contributed by atoms with Crippen LogP contribution in [-0.4, -0.2) is 23.2 Å². The average Bonchev–Trinajstić information content (AvgIpc) is 2.47. The van der Waals surface area contributed by atoms with Crippen molar-refractivity contribution in [2.75, 3.05) is 12.3 Å². The zero-order valence-corrected chi connectivity index (χ0v) is 14.2. The number of thioether (sulfide) groups is 1. The molecule has 3 nitrogen and oxygen atoms in total. The van der Waals surface area contributed by atoms with Crippen LogP contribution in [0.3, 0.4) is 0 Å². The minimum Gasteiger partial charge on any atom is -0.355 e. The summed E-state index contributed by atoms with van der Waals surface area (Å²) < 4.78 is 0.955. The number of hydrogen-bond donors (Lipinski definition) is 1. The van der Waals surface area contributed by atoms with E-state index in [1.54, 1.807) is 6.20 Å². The summed E-state index contributed by atoms with van der Waals surface area (Å²) in [5.41, 5.74) is 2.31. The number of pyridine rings is 1. The van der Waals surface area contributed by atoms with E-state index in [1.165, 1.54) is 17.3 Å². The van der Waals surface area contributed by atoms with Crippen LogP contribution in [0.2, 0.25) is 0 Å². The van der Waals surface area contributed by atoms with E-state index in [-0.39, 0.29) is 5.91 Å². The molecule has 0 aliphatic rings. The topological polar surface area (TPSA) is 42.0 Å². The molecule has 0 spiro atoms. The van der Waals surface area contributed by atoms with Crippen molar-refractivity contribution in [1.29, 1.82) is 0 Å². The Morgan fingerprint density at radius 2 is 2.10 bits per heavy atom. The minimum atomic E-state index is 0.0417. The van der Waals surface area contributed by atoms with Crippen molar-refractivity contribution in [3.63, 3.8) is 0 Å².